The minimum atomic E-state index is -0.358. The molecule has 1 atom stereocenters. The number of carbonyl (C=O) groups excluding carboxylic acids is 1. The van der Waals surface area contributed by atoms with Crippen molar-refractivity contribution in [3.63, 3.8) is 0 Å². The Morgan fingerprint density at radius 3 is 2.85 bits per heavy atom. The molecule has 4 heterocycles. The number of amides is 1. The smallest absolute Gasteiger partial charge is 0.261 e. The van der Waals surface area contributed by atoms with Crippen LogP contribution in [0, 0.1) is 11.7 Å². The highest BCUT2D eigenvalue weighted by atomic mass is 19.1. The maximum Gasteiger partial charge on any atom is 0.261 e. The first-order valence-corrected chi connectivity index (χ1v) is 11.4. The molecule has 0 bridgehead atoms. The van der Waals surface area contributed by atoms with Gasteiger partial charge in [0.1, 0.15) is 11.6 Å². The highest BCUT2D eigenvalue weighted by molar-refractivity contribution is 5.79. The fraction of sp³-hybridized carbons (Fsp3) is 0.417. The largest absolute Gasteiger partial charge is 0.376 e. The van der Waals surface area contributed by atoms with E-state index in [0.29, 0.717) is 42.5 Å². The van der Waals surface area contributed by atoms with E-state index in [9.17, 15) is 9.18 Å². The monoisotopic (exact) mass is 451 g/mol. The van der Waals surface area contributed by atoms with Gasteiger partial charge >= 0.3 is 0 Å². The molecule has 2 aromatic heterocycles. The molecule has 3 aromatic rings. The van der Waals surface area contributed by atoms with Crippen LogP contribution < -0.4 is 10.2 Å². The summed E-state index contributed by atoms with van der Waals surface area (Å²) in [6, 6.07) is 9.78. The van der Waals surface area contributed by atoms with Crippen LogP contribution in [0.1, 0.15) is 25.7 Å². The number of aromatic nitrogens is 3. The summed E-state index contributed by atoms with van der Waals surface area (Å²) in [5, 5.41) is 7.07. The summed E-state index contributed by atoms with van der Waals surface area (Å²) in [7, 11) is 0. The second kappa shape index (κ2) is 9.66. The third-order valence-electron chi connectivity index (χ3n) is 6.22. The van der Waals surface area contributed by atoms with Gasteiger partial charge in [0.05, 0.1) is 11.7 Å². The molecular formula is C24H26FN5O3. The number of pyridine rings is 1. The highest BCUT2D eigenvalue weighted by Crippen LogP contribution is 2.32. The molecule has 8 nitrogen and oxygen atoms in total. The number of benzene rings is 1. The van der Waals surface area contributed by atoms with E-state index in [4.69, 9.17) is 9.26 Å². The molecule has 0 spiro atoms. The molecule has 1 unspecified atom stereocenters. The Bertz CT molecular complexity index is 1110. The number of anilines is 1. The number of nitrogens with one attached hydrogen (secondary N) is 1. The van der Waals surface area contributed by atoms with Crippen LogP contribution in [0.4, 0.5) is 10.2 Å². The molecule has 172 valence electrons. The van der Waals surface area contributed by atoms with Gasteiger partial charge in [-0.3, -0.25) is 4.79 Å². The lowest BCUT2D eigenvalue weighted by atomic mass is 9.95. The number of halogens is 1. The molecule has 0 aliphatic carbocycles. The molecule has 1 N–H and O–H groups in total. The van der Waals surface area contributed by atoms with Gasteiger partial charge in [-0.25, -0.2) is 9.37 Å². The number of ether oxygens (including phenoxy) is 1. The molecule has 9 heteroatoms. The van der Waals surface area contributed by atoms with Crippen molar-refractivity contribution < 1.29 is 18.4 Å². The van der Waals surface area contributed by atoms with Crippen LogP contribution in [0.3, 0.4) is 0 Å². The lowest BCUT2D eigenvalue weighted by Gasteiger charge is -2.33. The van der Waals surface area contributed by atoms with Gasteiger partial charge in [-0.15, -0.1) is 0 Å². The third-order valence-corrected chi connectivity index (χ3v) is 6.22. The van der Waals surface area contributed by atoms with Crippen molar-refractivity contribution >= 4 is 11.7 Å². The zero-order valence-electron chi connectivity index (χ0n) is 18.2. The van der Waals surface area contributed by atoms with E-state index in [0.717, 1.165) is 38.1 Å². The fourth-order valence-electron chi connectivity index (χ4n) is 4.41. The first-order chi connectivity index (χ1) is 16.2. The topological polar surface area (TPSA) is 93.4 Å². The number of carbonyl (C=O) groups is 1. The predicted molar refractivity (Wildman–Crippen MR) is 120 cm³/mol. The van der Waals surface area contributed by atoms with Crippen molar-refractivity contribution in [2.24, 2.45) is 5.92 Å². The van der Waals surface area contributed by atoms with Crippen molar-refractivity contribution in [3.8, 4) is 22.8 Å². The summed E-state index contributed by atoms with van der Waals surface area (Å²) in [5.74, 6) is 1.12. The molecule has 33 heavy (non-hydrogen) atoms. The second-order valence-electron chi connectivity index (χ2n) is 8.45. The molecule has 2 aliphatic rings. The number of nitrogens with zero attached hydrogens (tertiary/aromatic N) is 4. The van der Waals surface area contributed by atoms with Gasteiger partial charge in [-0.2, -0.15) is 4.98 Å². The SMILES string of the molecule is O=C(NCC1CCCO1)C1CCN(c2ncccc2-c2nc(-c3cccc(F)c3)no2)CC1. The van der Waals surface area contributed by atoms with Gasteiger partial charge < -0.3 is 19.5 Å². The Hall–Kier alpha value is -3.33. The minimum Gasteiger partial charge on any atom is -0.376 e. The van der Waals surface area contributed by atoms with Gasteiger partial charge in [0, 0.05) is 43.9 Å². The molecular weight excluding hydrogens is 425 g/mol. The van der Waals surface area contributed by atoms with Crippen molar-refractivity contribution in [3.05, 3.63) is 48.4 Å². The summed E-state index contributed by atoms with van der Waals surface area (Å²) < 4.78 is 24.6. The maximum atomic E-state index is 13.6. The van der Waals surface area contributed by atoms with Crippen molar-refractivity contribution in [1.29, 1.82) is 0 Å². The van der Waals surface area contributed by atoms with Crippen molar-refractivity contribution in [2.45, 2.75) is 31.8 Å². The van der Waals surface area contributed by atoms with Gasteiger partial charge in [0.25, 0.3) is 5.89 Å². The van der Waals surface area contributed by atoms with E-state index in [1.807, 2.05) is 12.1 Å². The van der Waals surface area contributed by atoms with Gasteiger partial charge in [0.15, 0.2) is 0 Å². The van der Waals surface area contributed by atoms with Crippen molar-refractivity contribution in [1.82, 2.24) is 20.4 Å². The Morgan fingerprint density at radius 1 is 1.18 bits per heavy atom. The van der Waals surface area contributed by atoms with Crippen LogP contribution >= 0.6 is 0 Å². The van der Waals surface area contributed by atoms with Gasteiger partial charge in [0.2, 0.25) is 11.7 Å². The quantitative estimate of drug-likeness (QED) is 0.614. The summed E-state index contributed by atoms with van der Waals surface area (Å²) in [4.78, 5) is 23.8. The maximum absolute atomic E-state index is 13.6. The van der Waals surface area contributed by atoms with E-state index in [1.165, 1.54) is 12.1 Å². The summed E-state index contributed by atoms with van der Waals surface area (Å²) >= 11 is 0. The van der Waals surface area contributed by atoms with Crippen LogP contribution in [0.5, 0.6) is 0 Å². The molecule has 1 aromatic carbocycles. The minimum absolute atomic E-state index is 0.0159. The molecule has 0 radical (unpaired) electrons. The number of hydrogen-bond donors (Lipinski definition) is 1. The van der Waals surface area contributed by atoms with E-state index in [2.05, 4.69) is 25.3 Å². The normalized spacial score (nSPS) is 19.1. The van der Waals surface area contributed by atoms with Crippen molar-refractivity contribution in [2.75, 3.05) is 31.1 Å². The van der Waals surface area contributed by atoms with E-state index in [-0.39, 0.29) is 23.7 Å². The molecule has 0 saturated carbocycles. The average molecular weight is 452 g/mol. The second-order valence-corrected chi connectivity index (χ2v) is 8.45. The number of hydrogen-bond acceptors (Lipinski definition) is 7. The summed E-state index contributed by atoms with van der Waals surface area (Å²) in [6.07, 6.45) is 5.43. The summed E-state index contributed by atoms with van der Waals surface area (Å²) in [5.41, 5.74) is 1.26. The molecule has 2 fully saturated rings. The predicted octanol–water partition coefficient (Wildman–Crippen LogP) is 3.45. The van der Waals surface area contributed by atoms with Gasteiger partial charge in [-0.05, 0) is 49.9 Å². The Balaban J connectivity index is 1.25. The third kappa shape index (κ3) is 4.88. The highest BCUT2D eigenvalue weighted by Gasteiger charge is 2.28. The van der Waals surface area contributed by atoms with E-state index in [1.54, 1.807) is 18.3 Å². The van der Waals surface area contributed by atoms with E-state index >= 15 is 0 Å². The zero-order valence-corrected chi connectivity index (χ0v) is 18.2. The molecule has 5 rings (SSSR count). The molecule has 2 saturated heterocycles. The van der Waals surface area contributed by atoms with Crippen LogP contribution in [-0.4, -0.2) is 53.4 Å². The van der Waals surface area contributed by atoms with Gasteiger partial charge in [-0.1, -0.05) is 17.3 Å². The lowest BCUT2D eigenvalue weighted by Crippen LogP contribution is -2.42. The molecule has 2 aliphatic heterocycles. The first kappa shape index (κ1) is 21.5. The Kier molecular flexibility index (Phi) is 6.30. The van der Waals surface area contributed by atoms with Crippen LogP contribution in [0.25, 0.3) is 22.8 Å². The zero-order chi connectivity index (χ0) is 22.6. The Labute approximate surface area is 191 Å². The number of rotatable bonds is 6. The standard InChI is InChI=1S/C24H26FN5O3/c25-18-5-1-4-17(14-18)21-28-24(33-29-21)20-7-2-10-26-22(20)30-11-8-16(9-12-30)23(31)27-15-19-6-3-13-32-19/h1-2,4-5,7,10,14,16,19H,3,6,8-9,11-13,15H2,(H,27,31). The average Bonchev–Trinajstić information content (AvgIpc) is 3.55. The summed E-state index contributed by atoms with van der Waals surface area (Å²) in [6.45, 7) is 2.78. The fourth-order valence-corrected chi connectivity index (χ4v) is 4.41. The lowest BCUT2D eigenvalue weighted by molar-refractivity contribution is -0.126. The first-order valence-electron chi connectivity index (χ1n) is 11.4. The van der Waals surface area contributed by atoms with Crippen LogP contribution in [-0.2, 0) is 9.53 Å². The van der Waals surface area contributed by atoms with E-state index < -0.39 is 0 Å². The van der Waals surface area contributed by atoms with Crippen LogP contribution in [0.15, 0.2) is 47.1 Å². The van der Waals surface area contributed by atoms with Crippen LogP contribution in [0.2, 0.25) is 0 Å². The number of piperidine rings is 1. The molecule has 1 amide bonds. The Morgan fingerprint density at radius 2 is 2.06 bits per heavy atom.